The van der Waals surface area contributed by atoms with Gasteiger partial charge in [0, 0.05) is 55.8 Å². The van der Waals surface area contributed by atoms with Gasteiger partial charge in [0.15, 0.2) is 0 Å². The van der Waals surface area contributed by atoms with Crippen LogP contribution in [0.25, 0.3) is 22.4 Å². The Morgan fingerprint density at radius 2 is 1.76 bits per heavy atom. The number of aliphatic hydroxyl groups is 1. The normalized spacial score (nSPS) is 19.1. The summed E-state index contributed by atoms with van der Waals surface area (Å²) in [5.74, 6) is -0.00483. The van der Waals surface area contributed by atoms with Crippen LogP contribution in [-0.4, -0.2) is 57.6 Å². The number of carbonyl (C=O) groups is 1. The molecular weight excluding hydrogens is 586 g/mol. The monoisotopic (exact) mass is 625 g/mol. The Labute approximate surface area is 266 Å². The highest BCUT2D eigenvalue weighted by molar-refractivity contribution is 6.04. The molecule has 2 aliphatic rings. The fraction of sp³-hybridized carbons (Fsp3) is 0.371. The number of carbonyl (C=O) groups excluding carboxylic acids is 1. The molecule has 11 nitrogen and oxygen atoms in total. The van der Waals surface area contributed by atoms with Crippen LogP contribution < -0.4 is 26.6 Å². The molecule has 240 valence electrons. The van der Waals surface area contributed by atoms with Crippen LogP contribution in [0.3, 0.4) is 0 Å². The van der Waals surface area contributed by atoms with Crippen LogP contribution in [0, 0.1) is 13.8 Å². The van der Waals surface area contributed by atoms with Crippen molar-refractivity contribution in [2.75, 3.05) is 25.6 Å². The second-order valence-corrected chi connectivity index (χ2v) is 12.1. The Kier molecular flexibility index (Phi) is 8.65. The van der Waals surface area contributed by atoms with Crippen molar-refractivity contribution in [2.24, 2.45) is 14.1 Å². The predicted molar refractivity (Wildman–Crippen MR) is 175 cm³/mol. The van der Waals surface area contributed by atoms with Crippen molar-refractivity contribution in [1.29, 1.82) is 0 Å². The third-order valence-electron chi connectivity index (χ3n) is 9.27. The second kappa shape index (κ2) is 12.7. The molecule has 46 heavy (non-hydrogen) atoms. The lowest BCUT2D eigenvalue weighted by molar-refractivity contribution is -0.0304. The summed E-state index contributed by atoms with van der Waals surface area (Å²) in [7, 11) is 4.49. The Hall–Kier alpha value is -4.58. The van der Waals surface area contributed by atoms with Crippen LogP contribution in [0.2, 0.25) is 0 Å². The standard InChI is InChI=1S/C35H39N5O6/c1-19-22(23-9-7-11-26(20(23)2)37-32(42)25-17-39(3)35(44)40(4)34(25)43)8-6-10-24(19)29-16-21-12-13-28(31(21)33(38-29)45-5)36-27-14-15-46-18-30(27)41/h6-11,16-17,27-28,30,36,41H,12-15,18H2,1-5H3,(H,37,42)/t27-,28?,30-/m1/s1. The molecule has 1 amide bonds. The van der Waals surface area contributed by atoms with Crippen LogP contribution in [-0.2, 0) is 25.3 Å². The van der Waals surface area contributed by atoms with E-state index in [0.29, 0.717) is 24.8 Å². The second-order valence-electron chi connectivity index (χ2n) is 12.1. The number of amides is 1. The molecule has 2 aromatic heterocycles. The fourth-order valence-corrected chi connectivity index (χ4v) is 6.66. The Bertz CT molecular complexity index is 1950. The van der Waals surface area contributed by atoms with Gasteiger partial charge in [-0.1, -0.05) is 30.3 Å². The molecule has 4 aromatic rings. The first-order valence-corrected chi connectivity index (χ1v) is 15.5. The molecule has 1 saturated heterocycles. The van der Waals surface area contributed by atoms with Crippen LogP contribution in [0.15, 0.2) is 58.3 Å². The van der Waals surface area contributed by atoms with E-state index in [2.05, 4.69) is 23.6 Å². The summed E-state index contributed by atoms with van der Waals surface area (Å²) >= 11 is 0. The fourth-order valence-electron chi connectivity index (χ4n) is 6.66. The highest BCUT2D eigenvalue weighted by atomic mass is 16.5. The molecular formula is C35H39N5O6. The van der Waals surface area contributed by atoms with E-state index in [1.807, 2.05) is 37.3 Å². The number of benzene rings is 2. The lowest BCUT2D eigenvalue weighted by Crippen LogP contribution is -2.47. The first-order chi connectivity index (χ1) is 22.1. The number of fused-ring (bicyclic) bond motifs is 1. The van der Waals surface area contributed by atoms with Crippen molar-refractivity contribution in [2.45, 2.75) is 51.3 Å². The predicted octanol–water partition coefficient (Wildman–Crippen LogP) is 3.42. The number of aromatic nitrogens is 3. The molecule has 3 heterocycles. The highest BCUT2D eigenvalue weighted by Crippen LogP contribution is 2.41. The van der Waals surface area contributed by atoms with E-state index in [1.165, 1.54) is 30.4 Å². The molecule has 2 aromatic carbocycles. The number of aryl methyl sites for hydroxylation is 2. The van der Waals surface area contributed by atoms with Crippen LogP contribution in [0.1, 0.15) is 51.5 Å². The van der Waals surface area contributed by atoms with Crippen molar-refractivity contribution >= 4 is 11.6 Å². The Morgan fingerprint density at radius 1 is 1.04 bits per heavy atom. The number of hydrogen-bond acceptors (Lipinski definition) is 8. The number of aliphatic hydroxyl groups excluding tert-OH is 1. The van der Waals surface area contributed by atoms with Crippen molar-refractivity contribution in [3.8, 4) is 28.3 Å². The molecule has 3 N–H and O–H groups in total. The van der Waals surface area contributed by atoms with Crippen LogP contribution >= 0.6 is 0 Å². The van der Waals surface area contributed by atoms with Crippen molar-refractivity contribution in [3.63, 3.8) is 0 Å². The van der Waals surface area contributed by atoms with E-state index in [1.54, 1.807) is 13.2 Å². The number of anilines is 1. The van der Waals surface area contributed by atoms with Gasteiger partial charge >= 0.3 is 5.69 Å². The van der Waals surface area contributed by atoms with Gasteiger partial charge in [0.05, 0.1) is 25.5 Å². The van der Waals surface area contributed by atoms with Crippen molar-refractivity contribution in [3.05, 3.63) is 97.3 Å². The van der Waals surface area contributed by atoms with Gasteiger partial charge in [0.2, 0.25) is 5.88 Å². The smallest absolute Gasteiger partial charge is 0.330 e. The first kappa shape index (κ1) is 31.4. The number of hydrogen-bond donors (Lipinski definition) is 3. The maximum absolute atomic E-state index is 13.2. The Balaban J connectivity index is 1.31. The van der Waals surface area contributed by atoms with Gasteiger partial charge < -0.3 is 29.8 Å². The average molecular weight is 626 g/mol. The van der Waals surface area contributed by atoms with Gasteiger partial charge in [0.1, 0.15) is 5.56 Å². The zero-order valence-corrected chi connectivity index (χ0v) is 26.7. The molecule has 1 aliphatic carbocycles. The third kappa shape index (κ3) is 5.66. The lowest BCUT2D eigenvalue weighted by atomic mass is 9.91. The van der Waals surface area contributed by atoms with Gasteiger partial charge in [0.25, 0.3) is 11.5 Å². The Morgan fingerprint density at radius 3 is 2.50 bits per heavy atom. The summed E-state index contributed by atoms with van der Waals surface area (Å²) in [6.07, 6.45) is 3.23. The zero-order chi connectivity index (χ0) is 32.7. The van der Waals surface area contributed by atoms with E-state index < -0.39 is 23.3 Å². The SMILES string of the molecule is COc1nc(-c2cccc(-c3cccc(NC(=O)c4cn(C)c(=O)n(C)c4=O)c3C)c2C)cc2c1C(N[C@@H]1CCOC[C@H]1O)CC2. The van der Waals surface area contributed by atoms with Crippen molar-refractivity contribution < 1.29 is 19.4 Å². The van der Waals surface area contributed by atoms with Crippen LogP contribution in [0.4, 0.5) is 5.69 Å². The zero-order valence-electron chi connectivity index (χ0n) is 26.7. The highest BCUT2D eigenvalue weighted by Gasteiger charge is 2.33. The van der Waals surface area contributed by atoms with E-state index in [9.17, 15) is 19.5 Å². The number of nitrogens with zero attached hydrogens (tertiary/aromatic N) is 3. The summed E-state index contributed by atoms with van der Waals surface area (Å²) in [5.41, 5.74) is 7.07. The molecule has 0 spiro atoms. The molecule has 1 unspecified atom stereocenters. The molecule has 6 rings (SSSR count). The molecule has 1 fully saturated rings. The summed E-state index contributed by atoms with van der Waals surface area (Å²) in [6, 6.07) is 13.9. The molecule has 11 heteroatoms. The summed E-state index contributed by atoms with van der Waals surface area (Å²) in [4.78, 5) is 42.9. The lowest BCUT2D eigenvalue weighted by Gasteiger charge is -2.31. The van der Waals surface area contributed by atoms with Gasteiger partial charge in [-0.15, -0.1) is 0 Å². The number of pyridine rings is 1. The minimum atomic E-state index is -0.654. The van der Waals surface area contributed by atoms with Gasteiger partial charge in [-0.25, -0.2) is 9.78 Å². The molecule has 0 radical (unpaired) electrons. The minimum Gasteiger partial charge on any atom is -0.481 e. The van der Waals surface area contributed by atoms with E-state index >= 15 is 0 Å². The molecule has 1 aliphatic heterocycles. The van der Waals surface area contributed by atoms with E-state index in [-0.39, 0.29) is 17.6 Å². The topological polar surface area (TPSA) is 137 Å². The number of ether oxygens (including phenoxy) is 2. The van der Waals surface area contributed by atoms with Gasteiger partial charge in [-0.3, -0.25) is 14.2 Å². The van der Waals surface area contributed by atoms with E-state index in [0.717, 1.165) is 62.9 Å². The quantitative estimate of drug-likeness (QED) is 0.284. The van der Waals surface area contributed by atoms with Crippen molar-refractivity contribution in [1.82, 2.24) is 19.4 Å². The molecule has 3 atom stereocenters. The molecule has 0 bridgehead atoms. The average Bonchev–Trinajstić information content (AvgIpc) is 3.46. The first-order valence-electron chi connectivity index (χ1n) is 15.5. The number of rotatable bonds is 7. The number of nitrogens with one attached hydrogen (secondary N) is 2. The third-order valence-corrected chi connectivity index (χ3v) is 9.27. The summed E-state index contributed by atoms with van der Waals surface area (Å²) < 4.78 is 13.4. The van der Waals surface area contributed by atoms with Gasteiger partial charge in [-0.05, 0) is 73.1 Å². The summed E-state index contributed by atoms with van der Waals surface area (Å²) in [5, 5.41) is 16.9. The minimum absolute atomic E-state index is 0.0384. The largest absolute Gasteiger partial charge is 0.481 e. The number of methoxy groups -OCH3 is 1. The maximum Gasteiger partial charge on any atom is 0.330 e. The maximum atomic E-state index is 13.2. The van der Waals surface area contributed by atoms with Crippen LogP contribution in [0.5, 0.6) is 5.88 Å². The molecule has 0 saturated carbocycles. The summed E-state index contributed by atoms with van der Waals surface area (Å²) in [6.45, 7) is 4.95. The van der Waals surface area contributed by atoms with E-state index in [4.69, 9.17) is 14.5 Å². The van der Waals surface area contributed by atoms with Gasteiger partial charge in [-0.2, -0.15) is 0 Å².